The Labute approximate surface area is 115 Å². The molecule has 0 unspecified atom stereocenters. The maximum Gasteiger partial charge on any atom is 0.435 e. The highest BCUT2D eigenvalue weighted by molar-refractivity contribution is 6.08. The number of carbonyl (C=O) groups is 1. The number of aromatic nitrogens is 2. The number of oxime groups is 1. The maximum absolute atomic E-state index is 12.1. The summed E-state index contributed by atoms with van der Waals surface area (Å²) in [5.74, 6) is -0.0423. The number of carbonyl (C=O) groups excluding carboxylic acids is 1. The Kier molecular flexibility index (Phi) is 3.35. The molecular weight excluding hydrogens is 260 g/mol. The lowest BCUT2D eigenvalue weighted by molar-refractivity contribution is 0.0523. The summed E-state index contributed by atoms with van der Waals surface area (Å²) in [5.41, 5.74) is 6.01. The highest BCUT2D eigenvalue weighted by atomic mass is 16.6. The molecule has 1 heterocycles. The van der Waals surface area contributed by atoms with Gasteiger partial charge in [-0.05, 0) is 26.8 Å². The number of rotatable bonds is 1. The van der Waals surface area contributed by atoms with Crippen LogP contribution >= 0.6 is 0 Å². The average Bonchev–Trinajstić information content (AvgIpc) is 2.79. The van der Waals surface area contributed by atoms with Gasteiger partial charge in [-0.1, -0.05) is 17.3 Å². The fourth-order valence-electron chi connectivity index (χ4n) is 1.78. The van der Waals surface area contributed by atoms with Gasteiger partial charge in [-0.2, -0.15) is 9.78 Å². The van der Waals surface area contributed by atoms with Gasteiger partial charge in [-0.25, -0.2) is 4.79 Å². The van der Waals surface area contributed by atoms with Crippen LogP contribution in [-0.4, -0.2) is 32.5 Å². The van der Waals surface area contributed by atoms with Crippen LogP contribution in [0.2, 0.25) is 0 Å². The van der Waals surface area contributed by atoms with Gasteiger partial charge in [0.1, 0.15) is 5.60 Å². The molecule has 2 aromatic rings. The molecule has 0 radical (unpaired) electrons. The summed E-state index contributed by atoms with van der Waals surface area (Å²) >= 11 is 0. The van der Waals surface area contributed by atoms with Crippen LogP contribution in [0.25, 0.3) is 10.9 Å². The van der Waals surface area contributed by atoms with Crippen molar-refractivity contribution < 1.29 is 14.7 Å². The summed E-state index contributed by atoms with van der Waals surface area (Å²) in [7, 11) is 0. The molecule has 0 atom stereocenters. The Balaban J connectivity index is 2.51. The van der Waals surface area contributed by atoms with Gasteiger partial charge in [-0.3, -0.25) is 0 Å². The molecule has 1 aromatic heterocycles. The van der Waals surface area contributed by atoms with E-state index in [1.54, 1.807) is 39.0 Å². The first-order valence-corrected chi connectivity index (χ1v) is 6.01. The minimum atomic E-state index is -0.613. The minimum Gasteiger partial charge on any atom is -0.442 e. The van der Waals surface area contributed by atoms with E-state index in [-0.39, 0.29) is 5.84 Å². The van der Waals surface area contributed by atoms with E-state index in [1.807, 2.05) is 0 Å². The van der Waals surface area contributed by atoms with E-state index >= 15 is 0 Å². The zero-order valence-electron chi connectivity index (χ0n) is 11.5. The maximum atomic E-state index is 12.1. The molecule has 0 amide bonds. The Hall–Kier alpha value is -2.57. The molecule has 3 N–H and O–H groups in total. The van der Waals surface area contributed by atoms with Crippen molar-refractivity contribution in [2.45, 2.75) is 26.4 Å². The first kappa shape index (κ1) is 13.9. The third-order valence-corrected chi connectivity index (χ3v) is 2.56. The smallest absolute Gasteiger partial charge is 0.435 e. The number of nitrogens with two attached hydrogens (primary N) is 1. The van der Waals surface area contributed by atoms with E-state index < -0.39 is 11.7 Å². The Morgan fingerprint density at radius 1 is 1.45 bits per heavy atom. The van der Waals surface area contributed by atoms with Gasteiger partial charge < -0.3 is 15.7 Å². The van der Waals surface area contributed by atoms with E-state index in [0.29, 0.717) is 16.5 Å². The van der Waals surface area contributed by atoms with Crippen molar-refractivity contribution in [3.8, 4) is 0 Å². The fourth-order valence-corrected chi connectivity index (χ4v) is 1.78. The summed E-state index contributed by atoms with van der Waals surface area (Å²) in [4.78, 5) is 12.1. The fraction of sp³-hybridized carbons (Fsp3) is 0.308. The normalized spacial score (nSPS) is 12.7. The molecule has 20 heavy (non-hydrogen) atoms. The molecule has 0 spiro atoms. The Bertz CT molecular complexity index is 682. The summed E-state index contributed by atoms with van der Waals surface area (Å²) in [6, 6.07) is 5.08. The summed E-state index contributed by atoms with van der Waals surface area (Å²) in [6.45, 7) is 5.33. The molecule has 0 saturated heterocycles. The molecule has 7 nitrogen and oxygen atoms in total. The number of fused-ring (bicyclic) bond motifs is 1. The van der Waals surface area contributed by atoms with Crippen molar-refractivity contribution in [3.05, 3.63) is 30.0 Å². The second-order valence-corrected chi connectivity index (χ2v) is 5.26. The van der Waals surface area contributed by atoms with Crippen molar-refractivity contribution >= 4 is 22.8 Å². The highest BCUT2D eigenvalue weighted by Gasteiger charge is 2.21. The SMILES string of the molecule is CC(C)(C)OC(=O)n1ncc2c(/C(N)=N\O)cccc21. The number of hydrogen-bond donors (Lipinski definition) is 2. The monoisotopic (exact) mass is 276 g/mol. The molecule has 7 heteroatoms. The third-order valence-electron chi connectivity index (χ3n) is 2.56. The summed E-state index contributed by atoms with van der Waals surface area (Å²) in [5, 5.41) is 16.3. The van der Waals surface area contributed by atoms with Crippen LogP contribution < -0.4 is 5.73 Å². The zero-order chi connectivity index (χ0) is 14.9. The number of amidine groups is 1. The molecule has 106 valence electrons. The van der Waals surface area contributed by atoms with Gasteiger partial charge in [0.15, 0.2) is 5.84 Å². The van der Waals surface area contributed by atoms with Crippen LogP contribution in [0.15, 0.2) is 29.6 Å². The van der Waals surface area contributed by atoms with E-state index in [2.05, 4.69) is 10.3 Å². The van der Waals surface area contributed by atoms with Crippen LogP contribution in [0.4, 0.5) is 4.79 Å². The molecule has 0 bridgehead atoms. The molecule has 0 aliphatic carbocycles. The molecule has 0 fully saturated rings. The van der Waals surface area contributed by atoms with Crippen LogP contribution in [0.1, 0.15) is 26.3 Å². The van der Waals surface area contributed by atoms with Gasteiger partial charge in [0.2, 0.25) is 0 Å². The van der Waals surface area contributed by atoms with Crippen LogP contribution in [0, 0.1) is 0 Å². The lowest BCUT2D eigenvalue weighted by Crippen LogP contribution is -2.27. The predicted molar refractivity (Wildman–Crippen MR) is 73.9 cm³/mol. The Morgan fingerprint density at radius 2 is 2.15 bits per heavy atom. The van der Waals surface area contributed by atoms with Crippen molar-refractivity contribution in [1.29, 1.82) is 0 Å². The van der Waals surface area contributed by atoms with Gasteiger partial charge in [-0.15, -0.1) is 0 Å². The number of hydrogen-bond acceptors (Lipinski definition) is 5. The standard InChI is InChI=1S/C13H16N4O3/c1-13(2,3)20-12(18)17-10-6-4-5-8(11(14)16-19)9(10)7-15-17/h4-7,19H,1-3H3,(H2,14,16). The molecule has 2 rings (SSSR count). The van der Waals surface area contributed by atoms with Crippen molar-refractivity contribution in [2.24, 2.45) is 10.9 Å². The number of nitrogens with zero attached hydrogens (tertiary/aromatic N) is 3. The molecule has 1 aromatic carbocycles. The van der Waals surface area contributed by atoms with Gasteiger partial charge in [0.25, 0.3) is 0 Å². The number of benzene rings is 1. The van der Waals surface area contributed by atoms with Gasteiger partial charge in [0, 0.05) is 10.9 Å². The van der Waals surface area contributed by atoms with Crippen LogP contribution in [0.3, 0.4) is 0 Å². The van der Waals surface area contributed by atoms with E-state index in [4.69, 9.17) is 15.7 Å². The lowest BCUT2D eigenvalue weighted by atomic mass is 10.1. The largest absolute Gasteiger partial charge is 0.442 e. The lowest BCUT2D eigenvalue weighted by Gasteiger charge is -2.19. The topological polar surface area (TPSA) is 103 Å². The van der Waals surface area contributed by atoms with Gasteiger partial charge in [0.05, 0.1) is 11.7 Å². The first-order chi connectivity index (χ1) is 9.33. The highest BCUT2D eigenvalue weighted by Crippen LogP contribution is 2.19. The van der Waals surface area contributed by atoms with E-state index in [1.165, 1.54) is 6.20 Å². The van der Waals surface area contributed by atoms with E-state index in [0.717, 1.165) is 4.68 Å². The second-order valence-electron chi connectivity index (χ2n) is 5.26. The quantitative estimate of drug-likeness (QED) is 0.358. The van der Waals surface area contributed by atoms with Crippen LogP contribution in [0.5, 0.6) is 0 Å². The minimum absolute atomic E-state index is 0.0423. The third kappa shape index (κ3) is 2.56. The Morgan fingerprint density at radius 3 is 2.75 bits per heavy atom. The van der Waals surface area contributed by atoms with Crippen LogP contribution in [-0.2, 0) is 4.74 Å². The van der Waals surface area contributed by atoms with Crippen molar-refractivity contribution in [2.75, 3.05) is 0 Å². The van der Waals surface area contributed by atoms with Gasteiger partial charge >= 0.3 is 6.09 Å². The number of ether oxygens (including phenoxy) is 1. The molecule has 0 aliphatic rings. The molecular formula is C13H16N4O3. The van der Waals surface area contributed by atoms with E-state index in [9.17, 15) is 4.79 Å². The zero-order valence-corrected chi connectivity index (χ0v) is 11.5. The predicted octanol–water partition coefficient (Wildman–Crippen LogP) is 1.91. The second kappa shape index (κ2) is 4.84. The average molecular weight is 276 g/mol. The van der Waals surface area contributed by atoms with Crippen molar-refractivity contribution in [1.82, 2.24) is 9.78 Å². The molecule has 0 saturated carbocycles. The summed E-state index contributed by atoms with van der Waals surface area (Å²) in [6.07, 6.45) is 0.899. The molecule has 0 aliphatic heterocycles. The first-order valence-electron chi connectivity index (χ1n) is 6.01. The summed E-state index contributed by atoms with van der Waals surface area (Å²) < 4.78 is 6.42. The van der Waals surface area contributed by atoms with Crippen molar-refractivity contribution in [3.63, 3.8) is 0 Å².